The van der Waals surface area contributed by atoms with Crippen molar-refractivity contribution in [2.45, 2.75) is 13.1 Å². The first kappa shape index (κ1) is 11.7. The number of hydrogen-bond acceptors (Lipinski definition) is 1. The molecule has 0 fully saturated rings. The molecule has 0 rings (SSSR count). The second-order valence-electron chi connectivity index (χ2n) is 1.95. The molecule has 55 valence electrons. The van der Waals surface area contributed by atoms with Gasteiger partial charge < -0.3 is 4.90 Å². The van der Waals surface area contributed by atoms with Gasteiger partial charge in [0.05, 0.1) is 0 Å². The fourth-order valence-corrected chi connectivity index (χ4v) is 0. The van der Waals surface area contributed by atoms with E-state index in [0.717, 1.165) is 6.41 Å². The Bertz CT molecular complexity index is 65.2. The van der Waals surface area contributed by atoms with Crippen molar-refractivity contribution in [3.63, 3.8) is 0 Å². The molecule has 0 saturated heterocycles. The predicted molar refractivity (Wildman–Crippen MR) is 43.1 cm³/mol. The monoisotopic (exact) mass is 166 g/mol. The van der Waals surface area contributed by atoms with Crippen molar-refractivity contribution in [2.24, 2.45) is 0 Å². The zero-order valence-corrected chi connectivity index (χ0v) is 8.07. The molecular formula is C5H13ClNOSi. The third-order valence-electron chi connectivity index (χ3n) is 0.211. The molecule has 0 saturated carbocycles. The highest BCUT2D eigenvalue weighted by molar-refractivity contribution is 7.05. The zero-order valence-electron chi connectivity index (χ0n) is 6.31. The van der Waals surface area contributed by atoms with E-state index in [1.165, 1.54) is 4.90 Å². The van der Waals surface area contributed by atoms with Gasteiger partial charge in [-0.25, -0.2) is 0 Å². The van der Waals surface area contributed by atoms with Crippen molar-refractivity contribution in [3.8, 4) is 0 Å². The van der Waals surface area contributed by atoms with Gasteiger partial charge in [-0.2, -0.15) is 11.1 Å². The van der Waals surface area contributed by atoms with E-state index >= 15 is 0 Å². The van der Waals surface area contributed by atoms with Crippen molar-refractivity contribution in [1.29, 1.82) is 0 Å². The highest BCUT2D eigenvalue weighted by Gasteiger charge is 1.77. The molecule has 0 aromatic rings. The second kappa shape index (κ2) is 7.98. The average molecular weight is 167 g/mol. The maximum atomic E-state index is 9.43. The Kier molecular flexibility index (Phi) is 10.4. The first-order valence-corrected chi connectivity index (χ1v) is 6.09. The molecule has 0 aliphatic heterocycles. The van der Waals surface area contributed by atoms with E-state index in [0.29, 0.717) is 0 Å². The number of carbonyl (C=O) groups excluding carboxylic acids is 1. The van der Waals surface area contributed by atoms with Crippen LogP contribution in [0.15, 0.2) is 0 Å². The summed E-state index contributed by atoms with van der Waals surface area (Å²) in [6, 6.07) is 0. The van der Waals surface area contributed by atoms with Crippen LogP contribution in [0.2, 0.25) is 13.1 Å². The van der Waals surface area contributed by atoms with Crippen LogP contribution in [0.3, 0.4) is 0 Å². The minimum absolute atomic E-state index is 0.407. The van der Waals surface area contributed by atoms with Crippen LogP contribution in [-0.4, -0.2) is 33.5 Å². The van der Waals surface area contributed by atoms with Crippen molar-refractivity contribution < 1.29 is 4.79 Å². The van der Waals surface area contributed by atoms with Crippen LogP contribution in [0.25, 0.3) is 0 Å². The van der Waals surface area contributed by atoms with Crippen LogP contribution < -0.4 is 0 Å². The fraction of sp³-hybridized carbons (Fsp3) is 0.800. The lowest BCUT2D eigenvalue weighted by molar-refractivity contribution is -0.115. The molecule has 0 bridgehead atoms. The van der Waals surface area contributed by atoms with E-state index in [4.69, 9.17) is 11.1 Å². The largest absolute Gasteiger partial charge is 0.351 e. The molecule has 2 nitrogen and oxygen atoms in total. The van der Waals surface area contributed by atoms with E-state index in [1.54, 1.807) is 14.1 Å². The molecule has 0 aliphatic carbocycles. The fourth-order valence-electron chi connectivity index (χ4n) is 0. The Hall–Kier alpha value is -0.0231. The lowest BCUT2D eigenvalue weighted by atomic mass is 11.0. The van der Waals surface area contributed by atoms with Crippen molar-refractivity contribution >= 4 is 25.6 Å². The molecule has 0 aliphatic rings. The maximum Gasteiger partial charge on any atom is 0.209 e. The lowest BCUT2D eigenvalue weighted by Gasteiger charge is -1.93. The van der Waals surface area contributed by atoms with Gasteiger partial charge in [0.25, 0.3) is 0 Å². The number of rotatable bonds is 1. The average Bonchev–Trinajstić information content (AvgIpc) is 1.65. The van der Waals surface area contributed by atoms with Crippen LogP contribution in [0.4, 0.5) is 0 Å². The number of amides is 1. The molecule has 1 amide bonds. The molecule has 0 spiro atoms. The van der Waals surface area contributed by atoms with E-state index in [2.05, 4.69) is 0 Å². The highest BCUT2D eigenvalue weighted by Crippen LogP contribution is 1.79. The first-order chi connectivity index (χ1) is 4.00. The summed E-state index contributed by atoms with van der Waals surface area (Å²) in [5, 5.41) is 0. The molecule has 0 atom stereocenters. The standard InChI is InChI=1S/C3H7NO.C2H6ClSi/c1-4(2)3-5;1-4(2)3/h3H,1-2H3;1-2H3. The minimum Gasteiger partial charge on any atom is -0.351 e. The van der Waals surface area contributed by atoms with Gasteiger partial charge in [-0.3, -0.25) is 4.79 Å². The Morgan fingerprint density at radius 1 is 1.44 bits per heavy atom. The van der Waals surface area contributed by atoms with E-state index in [1.807, 2.05) is 13.1 Å². The summed E-state index contributed by atoms with van der Waals surface area (Å²) < 4.78 is 0. The van der Waals surface area contributed by atoms with E-state index in [-0.39, 0.29) is 0 Å². The Morgan fingerprint density at radius 3 is 1.56 bits per heavy atom. The van der Waals surface area contributed by atoms with Gasteiger partial charge in [0.2, 0.25) is 6.41 Å². The molecular weight excluding hydrogens is 154 g/mol. The van der Waals surface area contributed by atoms with Gasteiger partial charge in [0.15, 0.2) is 8.11 Å². The summed E-state index contributed by atoms with van der Waals surface area (Å²) in [7, 11) is 2.97. The molecule has 0 N–H and O–H groups in total. The van der Waals surface area contributed by atoms with Gasteiger partial charge in [0.1, 0.15) is 0 Å². The Balaban J connectivity index is 0. The number of nitrogens with zero attached hydrogens (tertiary/aromatic N) is 1. The molecule has 0 heterocycles. The third-order valence-corrected chi connectivity index (χ3v) is 0.211. The van der Waals surface area contributed by atoms with Crippen molar-refractivity contribution in [1.82, 2.24) is 4.90 Å². The lowest BCUT2D eigenvalue weighted by Crippen LogP contribution is -2.06. The van der Waals surface area contributed by atoms with Crippen LogP contribution in [0.5, 0.6) is 0 Å². The van der Waals surface area contributed by atoms with E-state index in [9.17, 15) is 4.79 Å². The number of hydrogen-bond donors (Lipinski definition) is 0. The van der Waals surface area contributed by atoms with Crippen molar-refractivity contribution in [2.75, 3.05) is 14.1 Å². The molecule has 0 unspecified atom stereocenters. The topological polar surface area (TPSA) is 20.3 Å². The van der Waals surface area contributed by atoms with Gasteiger partial charge >= 0.3 is 0 Å². The van der Waals surface area contributed by atoms with Crippen molar-refractivity contribution in [3.05, 3.63) is 0 Å². The molecule has 0 aromatic heterocycles. The number of halogens is 1. The SMILES string of the molecule is CN(C)C=O.C[Si](C)Cl. The highest BCUT2D eigenvalue weighted by atomic mass is 35.6. The minimum atomic E-state index is -0.407. The van der Waals surface area contributed by atoms with E-state index < -0.39 is 8.11 Å². The summed E-state index contributed by atoms with van der Waals surface area (Å²) in [4.78, 5) is 10.9. The van der Waals surface area contributed by atoms with Crippen LogP contribution in [-0.2, 0) is 4.79 Å². The quantitative estimate of drug-likeness (QED) is 0.326. The molecule has 0 aromatic carbocycles. The second-order valence-corrected chi connectivity index (χ2v) is 5.97. The zero-order chi connectivity index (χ0) is 7.86. The predicted octanol–water partition coefficient (Wildman–Crippen LogP) is 1.18. The third kappa shape index (κ3) is 72.9. The number of carbonyl (C=O) groups is 1. The summed E-state index contributed by atoms with van der Waals surface area (Å²) >= 11 is 5.38. The molecule has 4 heteroatoms. The van der Waals surface area contributed by atoms with Crippen LogP contribution in [0, 0.1) is 0 Å². The summed E-state index contributed by atoms with van der Waals surface area (Å²) in [6.07, 6.45) is 0.750. The van der Waals surface area contributed by atoms with Gasteiger partial charge in [-0.15, -0.1) is 0 Å². The normalized spacial score (nSPS) is 7.78. The molecule has 1 radical (unpaired) electrons. The summed E-state index contributed by atoms with van der Waals surface area (Å²) in [6.45, 7) is 4.07. The maximum absolute atomic E-state index is 9.43. The summed E-state index contributed by atoms with van der Waals surface area (Å²) in [5.74, 6) is 0. The first-order valence-electron chi connectivity index (χ1n) is 2.58. The Morgan fingerprint density at radius 2 is 1.56 bits per heavy atom. The van der Waals surface area contributed by atoms with Gasteiger partial charge in [-0.1, -0.05) is 13.1 Å². The summed E-state index contributed by atoms with van der Waals surface area (Å²) in [5.41, 5.74) is 0. The Labute approximate surface area is 63.1 Å². The van der Waals surface area contributed by atoms with Gasteiger partial charge in [-0.05, 0) is 0 Å². The van der Waals surface area contributed by atoms with Gasteiger partial charge in [0, 0.05) is 14.1 Å². The van der Waals surface area contributed by atoms with Crippen LogP contribution >= 0.6 is 11.1 Å². The molecule has 9 heavy (non-hydrogen) atoms. The van der Waals surface area contributed by atoms with Crippen LogP contribution in [0.1, 0.15) is 0 Å². The smallest absolute Gasteiger partial charge is 0.209 e.